The lowest BCUT2D eigenvalue weighted by atomic mass is 10.2. The van der Waals surface area contributed by atoms with Crippen LogP contribution >= 0.6 is 0 Å². The number of carbonyl (C=O) groups is 2. The topological polar surface area (TPSA) is 98.6 Å². The first kappa shape index (κ1) is 20.8. The van der Waals surface area contributed by atoms with Gasteiger partial charge < -0.3 is 19.7 Å². The van der Waals surface area contributed by atoms with Crippen LogP contribution in [-0.2, 0) is 20.8 Å². The number of anilines is 2. The number of nitrogens with one attached hydrogen (secondary N) is 1. The Morgan fingerprint density at radius 3 is 2.61 bits per heavy atom. The van der Waals surface area contributed by atoms with E-state index in [0.29, 0.717) is 36.5 Å². The Morgan fingerprint density at radius 2 is 1.90 bits per heavy atom. The summed E-state index contributed by atoms with van der Waals surface area (Å²) in [5, 5.41) is 10.9. The molecule has 1 N–H and O–H groups in total. The molecule has 1 amide bonds. The molecule has 3 aromatic rings. The van der Waals surface area contributed by atoms with Crippen molar-refractivity contribution in [1.82, 2.24) is 15.0 Å². The number of benzene rings is 2. The first-order chi connectivity index (χ1) is 15.0. The maximum atomic E-state index is 12.5. The number of aryl methyl sites for hydroxylation is 1. The quantitative estimate of drug-likeness (QED) is 0.608. The molecule has 4 rings (SSSR count). The Bertz CT molecular complexity index is 1070. The second kappa shape index (κ2) is 9.13. The molecule has 162 valence electrons. The van der Waals surface area contributed by atoms with Gasteiger partial charge in [-0.2, -0.15) is 0 Å². The molecule has 1 fully saturated rings. The Hall–Kier alpha value is -3.46. The highest BCUT2D eigenvalue weighted by Gasteiger charge is 2.20. The smallest absolute Gasteiger partial charge is 0.338 e. The van der Waals surface area contributed by atoms with Crippen LogP contribution in [0.25, 0.3) is 11.0 Å². The predicted molar refractivity (Wildman–Crippen MR) is 116 cm³/mol. The number of esters is 1. The molecule has 1 aliphatic rings. The first-order valence-corrected chi connectivity index (χ1v) is 10.3. The highest BCUT2D eigenvalue weighted by atomic mass is 16.5. The molecule has 1 aromatic heterocycles. The molecular formula is C22H25N5O4. The fraction of sp³-hybridized carbons (Fsp3) is 0.364. The molecule has 9 heteroatoms. The molecule has 1 atom stereocenters. The number of hydrogen-bond donors (Lipinski definition) is 1. The van der Waals surface area contributed by atoms with Crippen molar-refractivity contribution in [3.63, 3.8) is 0 Å². The van der Waals surface area contributed by atoms with E-state index in [9.17, 15) is 9.59 Å². The van der Waals surface area contributed by atoms with Crippen LogP contribution in [0.1, 0.15) is 24.2 Å². The number of amides is 1. The van der Waals surface area contributed by atoms with E-state index in [4.69, 9.17) is 9.47 Å². The number of morpholine rings is 1. The summed E-state index contributed by atoms with van der Waals surface area (Å²) < 4.78 is 12.5. The van der Waals surface area contributed by atoms with Crippen molar-refractivity contribution >= 4 is 34.3 Å². The van der Waals surface area contributed by atoms with E-state index in [1.807, 2.05) is 31.2 Å². The van der Waals surface area contributed by atoms with Gasteiger partial charge >= 0.3 is 5.97 Å². The monoisotopic (exact) mass is 423 g/mol. The third-order valence-corrected chi connectivity index (χ3v) is 5.21. The Labute approximate surface area is 179 Å². The van der Waals surface area contributed by atoms with Gasteiger partial charge in [0, 0.05) is 31.0 Å². The summed E-state index contributed by atoms with van der Waals surface area (Å²) >= 11 is 0. The third kappa shape index (κ3) is 4.66. The summed E-state index contributed by atoms with van der Waals surface area (Å²) in [4.78, 5) is 27.2. The van der Waals surface area contributed by atoms with Crippen molar-refractivity contribution < 1.29 is 19.1 Å². The van der Waals surface area contributed by atoms with Crippen molar-refractivity contribution in [3.05, 3.63) is 48.0 Å². The summed E-state index contributed by atoms with van der Waals surface area (Å²) in [7, 11) is 0. The van der Waals surface area contributed by atoms with E-state index in [0.717, 1.165) is 24.3 Å². The number of rotatable bonds is 6. The van der Waals surface area contributed by atoms with Crippen molar-refractivity contribution in [2.75, 3.05) is 36.5 Å². The Morgan fingerprint density at radius 1 is 1.16 bits per heavy atom. The molecule has 2 heterocycles. The van der Waals surface area contributed by atoms with E-state index in [1.54, 1.807) is 29.8 Å². The van der Waals surface area contributed by atoms with E-state index in [2.05, 4.69) is 20.5 Å². The van der Waals surface area contributed by atoms with E-state index < -0.39 is 18.0 Å². The largest absolute Gasteiger partial charge is 0.449 e. The van der Waals surface area contributed by atoms with Crippen molar-refractivity contribution in [1.29, 1.82) is 0 Å². The average Bonchev–Trinajstić information content (AvgIpc) is 3.22. The zero-order valence-corrected chi connectivity index (χ0v) is 17.6. The summed E-state index contributed by atoms with van der Waals surface area (Å²) in [6.07, 6.45) is -0.951. The molecule has 0 aliphatic carbocycles. The molecule has 0 saturated carbocycles. The van der Waals surface area contributed by atoms with Crippen LogP contribution in [0.2, 0.25) is 0 Å². The molecule has 1 aliphatic heterocycles. The van der Waals surface area contributed by atoms with Crippen LogP contribution in [0.5, 0.6) is 0 Å². The maximum Gasteiger partial charge on any atom is 0.338 e. The van der Waals surface area contributed by atoms with E-state index >= 15 is 0 Å². The summed E-state index contributed by atoms with van der Waals surface area (Å²) in [5.74, 6) is -0.983. The van der Waals surface area contributed by atoms with Gasteiger partial charge in [0.1, 0.15) is 5.52 Å². The highest BCUT2D eigenvalue weighted by Crippen LogP contribution is 2.20. The minimum Gasteiger partial charge on any atom is -0.449 e. The van der Waals surface area contributed by atoms with Gasteiger partial charge in [0.2, 0.25) is 0 Å². The van der Waals surface area contributed by atoms with Crippen LogP contribution in [-0.4, -0.2) is 59.3 Å². The summed E-state index contributed by atoms with van der Waals surface area (Å²) in [5.41, 5.74) is 3.49. The van der Waals surface area contributed by atoms with Gasteiger partial charge in [-0.25, -0.2) is 9.48 Å². The minimum atomic E-state index is -0.951. The number of ether oxygens (including phenoxy) is 2. The molecular weight excluding hydrogens is 398 g/mol. The maximum absolute atomic E-state index is 12.5. The normalized spacial score (nSPS) is 15.0. The van der Waals surface area contributed by atoms with Crippen molar-refractivity contribution in [3.8, 4) is 0 Å². The average molecular weight is 423 g/mol. The number of carbonyl (C=O) groups excluding carboxylic acids is 2. The molecule has 0 spiro atoms. The molecule has 2 aromatic carbocycles. The Kier molecular flexibility index (Phi) is 6.13. The fourth-order valence-corrected chi connectivity index (χ4v) is 3.44. The second-order valence-corrected chi connectivity index (χ2v) is 7.29. The molecule has 1 saturated heterocycles. The van der Waals surface area contributed by atoms with Gasteiger partial charge in [-0.1, -0.05) is 5.21 Å². The van der Waals surface area contributed by atoms with Gasteiger partial charge in [0.15, 0.2) is 6.10 Å². The second-order valence-electron chi connectivity index (χ2n) is 7.29. The lowest BCUT2D eigenvalue weighted by Crippen LogP contribution is -2.36. The van der Waals surface area contributed by atoms with Gasteiger partial charge in [0.05, 0.1) is 24.3 Å². The lowest BCUT2D eigenvalue weighted by Gasteiger charge is -2.28. The Balaban J connectivity index is 1.35. The molecule has 0 unspecified atom stereocenters. The number of aromatic nitrogens is 3. The zero-order chi connectivity index (χ0) is 21.8. The van der Waals surface area contributed by atoms with Crippen LogP contribution in [0.15, 0.2) is 42.5 Å². The first-order valence-electron chi connectivity index (χ1n) is 10.3. The van der Waals surface area contributed by atoms with Crippen LogP contribution in [0.4, 0.5) is 11.4 Å². The summed E-state index contributed by atoms with van der Waals surface area (Å²) in [6, 6.07) is 12.6. The van der Waals surface area contributed by atoms with Crippen molar-refractivity contribution in [2.24, 2.45) is 0 Å². The molecule has 0 bridgehead atoms. The zero-order valence-electron chi connectivity index (χ0n) is 17.6. The van der Waals surface area contributed by atoms with E-state index in [1.165, 1.54) is 0 Å². The van der Waals surface area contributed by atoms with Crippen LogP contribution in [0, 0.1) is 0 Å². The van der Waals surface area contributed by atoms with Gasteiger partial charge in [-0.15, -0.1) is 5.10 Å². The number of fused-ring (bicyclic) bond motifs is 1. The van der Waals surface area contributed by atoms with Gasteiger partial charge in [-0.3, -0.25) is 4.79 Å². The summed E-state index contributed by atoms with van der Waals surface area (Å²) in [6.45, 7) is 7.31. The minimum absolute atomic E-state index is 0.324. The highest BCUT2D eigenvalue weighted by molar-refractivity contribution is 5.98. The molecule has 0 radical (unpaired) electrons. The van der Waals surface area contributed by atoms with E-state index in [-0.39, 0.29) is 0 Å². The molecule has 9 nitrogen and oxygen atoms in total. The van der Waals surface area contributed by atoms with Crippen LogP contribution in [0.3, 0.4) is 0 Å². The van der Waals surface area contributed by atoms with Crippen molar-refractivity contribution in [2.45, 2.75) is 26.5 Å². The number of nitrogens with zero attached hydrogens (tertiary/aromatic N) is 4. The van der Waals surface area contributed by atoms with Gasteiger partial charge in [0.25, 0.3) is 5.91 Å². The van der Waals surface area contributed by atoms with Crippen LogP contribution < -0.4 is 10.2 Å². The predicted octanol–water partition coefficient (Wildman–Crippen LogP) is 2.47. The molecule has 31 heavy (non-hydrogen) atoms. The SMILES string of the molecule is CCn1nnc2cc(C(=O)O[C@H](C)C(=O)Nc3ccc(N4CCOCC4)cc3)ccc21. The number of hydrogen-bond acceptors (Lipinski definition) is 7. The third-order valence-electron chi connectivity index (χ3n) is 5.21. The van der Waals surface area contributed by atoms with Gasteiger partial charge in [-0.05, 0) is 56.3 Å². The fourth-order valence-electron chi connectivity index (χ4n) is 3.44. The standard InChI is InChI=1S/C22H25N5O4/c1-3-27-20-9-4-16(14-19(20)24-25-27)22(29)31-15(2)21(28)23-17-5-7-18(8-6-17)26-10-12-30-13-11-26/h4-9,14-15H,3,10-13H2,1-2H3,(H,23,28)/t15-/m1/s1. The lowest BCUT2D eigenvalue weighted by molar-refractivity contribution is -0.123.